The van der Waals surface area contributed by atoms with Gasteiger partial charge in [0.1, 0.15) is 5.75 Å². The second-order valence-electron chi connectivity index (χ2n) is 6.43. The minimum Gasteiger partial charge on any atom is -0.495 e. The molecule has 2 aromatic carbocycles. The van der Waals surface area contributed by atoms with Crippen LogP contribution in [0.4, 0.5) is 11.4 Å². The van der Waals surface area contributed by atoms with Crippen molar-refractivity contribution >= 4 is 23.4 Å². The van der Waals surface area contributed by atoms with Crippen molar-refractivity contribution in [2.75, 3.05) is 26.1 Å². The molecule has 2 rings (SSSR count). The van der Waals surface area contributed by atoms with Crippen LogP contribution in [0.15, 0.2) is 42.5 Å². The standard InChI is InChI=1S/C22H26N2O6/c1-4-5-6-13-30-20-10-7-16(14-21(20)29-3)8-12-22(25)23-18-15-17(24(26)27)9-11-19(18)28-2/h7-12,14-15H,4-6,13H2,1-3H3,(H,23,25)/b12-8+. The molecular formula is C22H26N2O6. The predicted octanol–water partition coefficient (Wildman–Crippen LogP) is 4.83. The monoisotopic (exact) mass is 414 g/mol. The summed E-state index contributed by atoms with van der Waals surface area (Å²) in [5.41, 5.74) is 0.818. The number of anilines is 1. The molecule has 0 radical (unpaired) electrons. The number of nitrogens with one attached hydrogen (secondary N) is 1. The number of unbranched alkanes of at least 4 members (excludes halogenated alkanes) is 2. The van der Waals surface area contributed by atoms with Crippen molar-refractivity contribution in [1.82, 2.24) is 0 Å². The fourth-order valence-electron chi connectivity index (χ4n) is 2.69. The molecule has 0 aromatic heterocycles. The molecule has 0 saturated heterocycles. The van der Waals surface area contributed by atoms with Gasteiger partial charge in [0.15, 0.2) is 11.5 Å². The minimum atomic E-state index is -0.539. The van der Waals surface area contributed by atoms with Crippen molar-refractivity contribution in [2.24, 2.45) is 0 Å². The molecule has 8 heteroatoms. The molecule has 0 aliphatic carbocycles. The number of nitro benzene ring substituents is 1. The van der Waals surface area contributed by atoms with Crippen LogP contribution in [-0.2, 0) is 4.79 Å². The van der Waals surface area contributed by atoms with E-state index in [1.54, 1.807) is 25.3 Å². The number of nitro groups is 1. The normalized spacial score (nSPS) is 10.6. The summed E-state index contributed by atoms with van der Waals surface area (Å²) in [6.07, 6.45) is 6.14. The Morgan fingerprint density at radius 1 is 1.07 bits per heavy atom. The fraction of sp³-hybridized carbons (Fsp3) is 0.318. The van der Waals surface area contributed by atoms with Gasteiger partial charge in [-0.3, -0.25) is 14.9 Å². The molecule has 160 valence electrons. The molecule has 0 saturated carbocycles. The summed E-state index contributed by atoms with van der Waals surface area (Å²) < 4.78 is 16.3. The first-order chi connectivity index (χ1) is 14.5. The van der Waals surface area contributed by atoms with E-state index in [2.05, 4.69) is 12.2 Å². The van der Waals surface area contributed by atoms with Crippen molar-refractivity contribution in [3.8, 4) is 17.2 Å². The summed E-state index contributed by atoms with van der Waals surface area (Å²) in [6.45, 7) is 2.75. The third-order valence-corrected chi connectivity index (χ3v) is 4.27. The van der Waals surface area contributed by atoms with Crippen LogP contribution in [-0.4, -0.2) is 31.7 Å². The Kier molecular flexibility index (Phi) is 8.68. The maximum absolute atomic E-state index is 12.3. The highest BCUT2D eigenvalue weighted by Crippen LogP contribution is 2.30. The number of carbonyl (C=O) groups is 1. The molecule has 0 aliphatic rings. The summed E-state index contributed by atoms with van der Waals surface area (Å²) in [5.74, 6) is 1.10. The number of hydrogen-bond acceptors (Lipinski definition) is 6. The number of hydrogen-bond donors (Lipinski definition) is 1. The quantitative estimate of drug-likeness (QED) is 0.245. The lowest BCUT2D eigenvalue weighted by molar-refractivity contribution is -0.384. The number of rotatable bonds is 11. The fourth-order valence-corrected chi connectivity index (χ4v) is 2.69. The number of carbonyl (C=O) groups excluding carboxylic acids is 1. The van der Waals surface area contributed by atoms with Gasteiger partial charge in [-0.15, -0.1) is 0 Å². The van der Waals surface area contributed by atoms with Crippen molar-refractivity contribution < 1.29 is 23.9 Å². The van der Waals surface area contributed by atoms with Crippen molar-refractivity contribution in [2.45, 2.75) is 26.2 Å². The lowest BCUT2D eigenvalue weighted by Gasteiger charge is -2.11. The van der Waals surface area contributed by atoms with Gasteiger partial charge in [0.2, 0.25) is 5.91 Å². The van der Waals surface area contributed by atoms with Gasteiger partial charge >= 0.3 is 0 Å². The first-order valence-corrected chi connectivity index (χ1v) is 9.60. The molecule has 8 nitrogen and oxygen atoms in total. The molecule has 0 bridgehead atoms. The molecule has 1 N–H and O–H groups in total. The van der Waals surface area contributed by atoms with E-state index >= 15 is 0 Å². The van der Waals surface area contributed by atoms with E-state index < -0.39 is 10.8 Å². The zero-order valence-corrected chi connectivity index (χ0v) is 17.3. The molecule has 1 amide bonds. The first-order valence-electron chi connectivity index (χ1n) is 9.60. The SMILES string of the molecule is CCCCCOc1ccc(/C=C/C(=O)Nc2cc([N+](=O)[O-])ccc2OC)cc1OC. The Labute approximate surface area is 175 Å². The van der Waals surface area contributed by atoms with Crippen molar-refractivity contribution in [3.05, 3.63) is 58.2 Å². The second kappa shape index (κ2) is 11.5. The van der Waals surface area contributed by atoms with Gasteiger partial charge in [-0.25, -0.2) is 0 Å². The number of benzene rings is 2. The third kappa shape index (κ3) is 6.51. The van der Waals surface area contributed by atoms with Gasteiger partial charge in [0.05, 0.1) is 31.4 Å². The Balaban J connectivity index is 2.07. The van der Waals surface area contributed by atoms with Crippen molar-refractivity contribution in [3.63, 3.8) is 0 Å². The maximum atomic E-state index is 12.3. The van der Waals surface area contributed by atoms with E-state index in [4.69, 9.17) is 14.2 Å². The molecule has 0 heterocycles. The maximum Gasteiger partial charge on any atom is 0.271 e. The van der Waals surface area contributed by atoms with Gasteiger partial charge in [-0.1, -0.05) is 25.8 Å². The van der Waals surface area contributed by atoms with Gasteiger partial charge in [0, 0.05) is 18.2 Å². The zero-order valence-electron chi connectivity index (χ0n) is 17.3. The molecule has 0 fully saturated rings. The number of amides is 1. The lowest BCUT2D eigenvalue weighted by Crippen LogP contribution is -2.09. The molecule has 0 aliphatic heterocycles. The molecule has 30 heavy (non-hydrogen) atoms. The Hall–Kier alpha value is -3.55. The average Bonchev–Trinajstić information content (AvgIpc) is 2.75. The van der Waals surface area contributed by atoms with Crippen LogP contribution < -0.4 is 19.5 Å². The predicted molar refractivity (Wildman–Crippen MR) is 115 cm³/mol. The summed E-state index contributed by atoms with van der Waals surface area (Å²) in [7, 11) is 2.98. The summed E-state index contributed by atoms with van der Waals surface area (Å²) in [6, 6.07) is 9.37. The molecular weight excluding hydrogens is 388 g/mol. The Bertz CT molecular complexity index is 910. The van der Waals surface area contributed by atoms with Gasteiger partial charge < -0.3 is 19.5 Å². The van der Waals surface area contributed by atoms with Crippen LogP contribution in [0.3, 0.4) is 0 Å². The third-order valence-electron chi connectivity index (χ3n) is 4.27. The van der Waals surface area contributed by atoms with Crippen LogP contribution in [0, 0.1) is 10.1 Å². The molecule has 0 unspecified atom stereocenters. The van der Waals surface area contributed by atoms with Crippen LogP contribution in [0.2, 0.25) is 0 Å². The van der Waals surface area contributed by atoms with Gasteiger partial charge in [-0.05, 0) is 36.3 Å². The number of ether oxygens (including phenoxy) is 3. The van der Waals surface area contributed by atoms with Gasteiger partial charge in [0.25, 0.3) is 5.69 Å². The highest BCUT2D eigenvalue weighted by molar-refractivity contribution is 6.03. The molecule has 0 atom stereocenters. The number of non-ortho nitro benzene ring substituents is 1. The number of nitrogens with zero attached hydrogens (tertiary/aromatic N) is 1. The minimum absolute atomic E-state index is 0.144. The summed E-state index contributed by atoms with van der Waals surface area (Å²) in [5, 5.41) is 13.5. The van der Waals surface area contributed by atoms with E-state index in [-0.39, 0.29) is 11.4 Å². The highest BCUT2D eigenvalue weighted by atomic mass is 16.6. The van der Waals surface area contributed by atoms with Crippen LogP contribution in [0.25, 0.3) is 6.08 Å². The lowest BCUT2D eigenvalue weighted by atomic mass is 10.2. The molecule has 0 spiro atoms. The topological polar surface area (TPSA) is 99.9 Å². The average molecular weight is 414 g/mol. The number of methoxy groups -OCH3 is 2. The van der Waals surface area contributed by atoms with E-state index in [0.717, 1.165) is 24.8 Å². The van der Waals surface area contributed by atoms with E-state index in [1.165, 1.54) is 31.4 Å². The Morgan fingerprint density at radius 3 is 2.47 bits per heavy atom. The first kappa shape index (κ1) is 22.7. The van der Waals surface area contributed by atoms with Crippen LogP contribution in [0.5, 0.6) is 17.2 Å². The Morgan fingerprint density at radius 2 is 1.80 bits per heavy atom. The smallest absolute Gasteiger partial charge is 0.271 e. The van der Waals surface area contributed by atoms with E-state index in [9.17, 15) is 14.9 Å². The zero-order chi connectivity index (χ0) is 21.9. The van der Waals surface area contributed by atoms with E-state index in [1.807, 2.05) is 6.07 Å². The van der Waals surface area contributed by atoms with Crippen LogP contribution in [0.1, 0.15) is 31.7 Å². The summed E-state index contributed by atoms with van der Waals surface area (Å²) >= 11 is 0. The van der Waals surface area contributed by atoms with E-state index in [0.29, 0.717) is 23.9 Å². The second-order valence-corrected chi connectivity index (χ2v) is 6.43. The van der Waals surface area contributed by atoms with Crippen LogP contribution >= 0.6 is 0 Å². The largest absolute Gasteiger partial charge is 0.495 e. The molecule has 2 aromatic rings. The highest BCUT2D eigenvalue weighted by Gasteiger charge is 2.13. The summed E-state index contributed by atoms with van der Waals surface area (Å²) in [4.78, 5) is 22.7. The van der Waals surface area contributed by atoms with Gasteiger partial charge in [-0.2, -0.15) is 0 Å². The van der Waals surface area contributed by atoms with Crippen molar-refractivity contribution in [1.29, 1.82) is 0 Å².